The Balaban J connectivity index is 1.80. The van der Waals surface area contributed by atoms with E-state index in [1.807, 2.05) is 25.1 Å². The Hall–Kier alpha value is -1.39. The van der Waals surface area contributed by atoms with Gasteiger partial charge in [0, 0.05) is 12.1 Å². The Morgan fingerprint density at radius 2 is 2.21 bits per heavy atom. The second-order valence-corrected chi connectivity index (χ2v) is 5.47. The summed E-state index contributed by atoms with van der Waals surface area (Å²) in [7, 11) is 0. The van der Waals surface area contributed by atoms with E-state index in [2.05, 4.69) is 5.32 Å². The molecule has 2 aliphatic heterocycles. The van der Waals surface area contributed by atoms with Gasteiger partial charge in [-0.15, -0.1) is 0 Å². The Bertz CT molecular complexity index is 500. The van der Waals surface area contributed by atoms with E-state index in [1.54, 1.807) is 0 Å². The van der Waals surface area contributed by atoms with Crippen LogP contribution in [0.25, 0.3) is 0 Å². The summed E-state index contributed by atoms with van der Waals surface area (Å²) in [5, 5.41) is 13.2. The first-order valence-electron chi connectivity index (χ1n) is 6.89. The molecule has 0 spiro atoms. The molecule has 3 unspecified atom stereocenters. The van der Waals surface area contributed by atoms with Crippen LogP contribution in [0.2, 0.25) is 0 Å². The number of carbonyl (C=O) groups excluding carboxylic acids is 1. The van der Waals surface area contributed by atoms with Crippen LogP contribution >= 0.6 is 0 Å². The molecular weight excluding hydrogens is 242 g/mol. The second-order valence-electron chi connectivity index (χ2n) is 5.47. The normalized spacial score (nSPS) is 27.8. The molecular formula is C15H19NO3. The van der Waals surface area contributed by atoms with E-state index in [0.717, 1.165) is 36.1 Å². The summed E-state index contributed by atoms with van der Waals surface area (Å²) in [4.78, 5) is 11.3. The van der Waals surface area contributed by atoms with Gasteiger partial charge < -0.3 is 15.2 Å². The highest BCUT2D eigenvalue weighted by Gasteiger charge is 2.29. The number of amides is 1. The molecule has 0 bridgehead atoms. The van der Waals surface area contributed by atoms with Crippen molar-refractivity contribution in [3.8, 4) is 0 Å². The highest BCUT2D eigenvalue weighted by atomic mass is 16.5. The van der Waals surface area contributed by atoms with Gasteiger partial charge in [0.25, 0.3) is 0 Å². The van der Waals surface area contributed by atoms with Gasteiger partial charge in [-0.1, -0.05) is 12.1 Å². The predicted octanol–water partition coefficient (Wildman–Crippen LogP) is 2.17. The number of hydrogen-bond donors (Lipinski definition) is 2. The molecule has 1 amide bonds. The van der Waals surface area contributed by atoms with Crippen LogP contribution < -0.4 is 5.32 Å². The quantitative estimate of drug-likeness (QED) is 0.857. The average molecular weight is 261 g/mol. The SMILES string of the molecule is CC1CCC(C(O)c2ccc3c(c2)CCC(=O)N3)O1. The molecule has 3 atom stereocenters. The van der Waals surface area contributed by atoms with E-state index in [9.17, 15) is 9.90 Å². The Morgan fingerprint density at radius 1 is 1.37 bits per heavy atom. The molecule has 1 fully saturated rings. The van der Waals surface area contributed by atoms with Crippen molar-refractivity contribution in [3.05, 3.63) is 29.3 Å². The maximum atomic E-state index is 11.3. The standard InChI is InChI=1S/C15H19NO3/c1-9-2-6-13(19-9)15(18)11-3-5-12-10(8-11)4-7-14(17)16-12/h3,5,8-9,13,15,18H,2,4,6-7H2,1H3,(H,16,17). The molecule has 3 rings (SSSR count). The monoisotopic (exact) mass is 261 g/mol. The molecule has 2 heterocycles. The van der Waals surface area contributed by atoms with E-state index in [1.165, 1.54) is 0 Å². The summed E-state index contributed by atoms with van der Waals surface area (Å²) in [6.07, 6.45) is 2.71. The van der Waals surface area contributed by atoms with Gasteiger partial charge in [-0.2, -0.15) is 0 Å². The largest absolute Gasteiger partial charge is 0.386 e. The molecule has 102 valence electrons. The molecule has 19 heavy (non-hydrogen) atoms. The van der Waals surface area contributed by atoms with Gasteiger partial charge in [0.15, 0.2) is 0 Å². The zero-order valence-electron chi connectivity index (χ0n) is 11.1. The number of carbonyl (C=O) groups is 1. The van der Waals surface area contributed by atoms with Crippen LogP contribution in [0.15, 0.2) is 18.2 Å². The summed E-state index contributed by atoms with van der Waals surface area (Å²) in [5.74, 6) is 0.0637. The van der Waals surface area contributed by atoms with Crippen molar-refractivity contribution < 1.29 is 14.6 Å². The molecule has 0 aromatic heterocycles. The van der Waals surface area contributed by atoms with Gasteiger partial charge in [0.05, 0.1) is 12.2 Å². The molecule has 1 saturated heterocycles. The maximum absolute atomic E-state index is 11.3. The second kappa shape index (κ2) is 4.94. The van der Waals surface area contributed by atoms with Crippen LogP contribution in [-0.2, 0) is 16.0 Å². The van der Waals surface area contributed by atoms with Gasteiger partial charge >= 0.3 is 0 Å². The van der Waals surface area contributed by atoms with Crippen LogP contribution in [0.3, 0.4) is 0 Å². The first-order valence-corrected chi connectivity index (χ1v) is 6.89. The van der Waals surface area contributed by atoms with Crippen LogP contribution in [0.1, 0.15) is 43.4 Å². The van der Waals surface area contributed by atoms with Gasteiger partial charge in [-0.25, -0.2) is 0 Å². The van der Waals surface area contributed by atoms with Crippen molar-refractivity contribution in [2.24, 2.45) is 0 Å². The summed E-state index contributed by atoms with van der Waals surface area (Å²) < 4.78 is 5.72. The van der Waals surface area contributed by atoms with Crippen LogP contribution in [0.4, 0.5) is 5.69 Å². The fourth-order valence-electron chi connectivity index (χ4n) is 2.87. The summed E-state index contributed by atoms with van der Waals surface area (Å²) in [6.45, 7) is 2.04. The molecule has 2 N–H and O–H groups in total. The average Bonchev–Trinajstić information content (AvgIpc) is 2.84. The highest BCUT2D eigenvalue weighted by molar-refractivity contribution is 5.93. The van der Waals surface area contributed by atoms with Crippen LogP contribution in [-0.4, -0.2) is 23.2 Å². The molecule has 1 aromatic rings. The molecule has 2 aliphatic rings. The highest BCUT2D eigenvalue weighted by Crippen LogP contribution is 2.32. The number of rotatable bonds is 2. The number of aliphatic hydroxyl groups excluding tert-OH is 1. The smallest absolute Gasteiger partial charge is 0.224 e. The van der Waals surface area contributed by atoms with Crippen LogP contribution in [0.5, 0.6) is 0 Å². The number of ether oxygens (including phenoxy) is 1. The molecule has 0 saturated carbocycles. The number of aliphatic hydroxyl groups is 1. The van der Waals surface area contributed by atoms with Crippen molar-refractivity contribution in [1.82, 2.24) is 0 Å². The maximum Gasteiger partial charge on any atom is 0.224 e. The lowest BCUT2D eigenvalue weighted by molar-refractivity contribution is -0.116. The first kappa shape index (κ1) is 12.6. The summed E-state index contributed by atoms with van der Waals surface area (Å²) in [5.41, 5.74) is 2.85. The lowest BCUT2D eigenvalue weighted by atomic mass is 9.95. The summed E-state index contributed by atoms with van der Waals surface area (Å²) in [6, 6.07) is 5.75. The first-order chi connectivity index (χ1) is 9.13. The Labute approximate surface area is 112 Å². The lowest BCUT2D eigenvalue weighted by Crippen LogP contribution is -2.21. The van der Waals surface area contributed by atoms with Gasteiger partial charge in [-0.3, -0.25) is 4.79 Å². The lowest BCUT2D eigenvalue weighted by Gasteiger charge is -2.22. The van der Waals surface area contributed by atoms with Gasteiger partial charge in [-0.05, 0) is 43.4 Å². The van der Waals surface area contributed by atoms with E-state index < -0.39 is 6.10 Å². The molecule has 1 aromatic carbocycles. The van der Waals surface area contributed by atoms with Crippen LogP contribution in [0, 0.1) is 0 Å². The molecule has 4 heteroatoms. The van der Waals surface area contributed by atoms with Crippen molar-refractivity contribution in [3.63, 3.8) is 0 Å². The van der Waals surface area contributed by atoms with Gasteiger partial charge in [0.2, 0.25) is 5.91 Å². The van der Waals surface area contributed by atoms with Crippen molar-refractivity contribution in [2.45, 2.75) is 50.9 Å². The van der Waals surface area contributed by atoms with Crippen molar-refractivity contribution in [2.75, 3.05) is 5.32 Å². The van der Waals surface area contributed by atoms with Gasteiger partial charge in [0.1, 0.15) is 6.10 Å². The summed E-state index contributed by atoms with van der Waals surface area (Å²) >= 11 is 0. The van der Waals surface area contributed by atoms with Crippen molar-refractivity contribution in [1.29, 1.82) is 0 Å². The minimum atomic E-state index is -0.576. The number of fused-ring (bicyclic) bond motifs is 1. The minimum Gasteiger partial charge on any atom is -0.386 e. The van der Waals surface area contributed by atoms with E-state index in [0.29, 0.717) is 6.42 Å². The van der Waals surface area contributed by atoms with Crippen molar-refractivity contribution >= 4 is 11.6 Å². The third kappa shape index (κ3) is 2.51. The Morgan fingerprint density at radius 3 is 2.95 bits per heavy atom. The zero-order valence-corrected chi connectivity index (χ0v) is 11.1. The number of nitrogens with one attached hydrogen (secondary N) is 1. The number of benzene rings is 1. The third-order valence-electron chi connectivity index (χ3n) is 3.98. The molecule has 0 radical (unpaired) electrons. The molecule has 4 nitrogen and oxygen atoms in total. The minimum absolute atomic E-state index is 0.0637. The topological polar surface area (TPSA) is 58.6 Å². The Kier molecular flexibility index (Phi) is 3.29. The van der Waals surface area contributed by atoms with E-state index in [4.69, 9.17) is 4.74 Å². The number of aryl methyl sites for hydroxylation is 1. The fourth-order valence-corrected chi connectivity index (χ4v) is 2.87. The predicted molar refractivity (Wildman–Crippen MR) is 71.9 cm³/mol. The van der Waals surface area contributed by atoms with E-state index in [-0.39, 0.29) is 18.1 Å². The number of hydrogen-bond acceptors (Lipinski definition) is 3. The zero-order chi connectivity index (χ0) is 13.4. The third-order valence-corrected chi connectivity index (χ3v) is 3.98. The fraction of sp³-hybridized carbons (Fsp3) is 0.533. The van der Waals surface area contributed by atoms with E-state index >= 15 is 0 Å². The molecule has 0 aliphatic carbocycles. The number of anilines is 1.